The van der Waals surface area contributed by atoms with Crippen molar-refractivity contribution in [2.75, 3.05) is 20.4 Å². The Hall–Kier alpha value is -3.30. The van der Waals surface area contributed by atoms with E-state index in [4.69, 9.17) is 14.2 Å². The van der Waals surface area contributed by atoms with Crippen molar-refractivity contribution in [3.05, 3.63) is 23.8 Å². The molecule has 1 atom stereocenters. The summed E-state index contributed by atoms with van der Waals surface area (Å²) in [4.78, 5) is 46.2. The van der Waals surface area contributed by atoms with Crippen LogP contribution in [0.3, 0.4) is 0 Å². The van der Waals surface area contributed by atoms with E-state index in [1.54, 1.807) is 6.07 Å². The van der Waals surface area contributed by atoms with Crippen molar-refractivity contribution in [3.63, 3.8) is 0 Å². The molecule has 0 bridgehead atoms. The molecule has 0 unspecified atom stereocenters. The van der Waals surface area contributed by atoms with Crippen molar-refractivity contribution in [1.82, 2.24) is 16.0 Å². The molecule has 0 saturated carbocycles. The Bertz CT molecular complexity index is 704. The minimum absolute atomic E-state index is 0.0860. The van der Waals surface area contributed by atoms with E-state index in [1.165, 1.54) is 26.1 Å². The van der Waals surface area contributed by atoms with Crippen LogP contribution < -0.4 is 25.4 Å². The predicted octanol–water partition coefficient (Wildman–Crippen LogP) is -0.468. The fourth-order valence-electron chi connectivity index (χ4n) is 1.86. The molecule has 0 aliphatic carbocycles. The first-order valence-electron chi connectivity index (χ1n) is 7.30. The maximum Gasteiger partial charge on any atom is 0.326 e. The molecular formula is C15H17N3O7. The van der Waals surface area contributed by atoms with Gasteiger partial charge in [0, 0.05) is 12.6 Å². The fourth-order valence-corrected chi connectivity index (χ4v) is 1.86. The molecule has 2 rings (SSSR count). The van der Waals surface area contributed by atoms with Crippen LogP contribution in [-0.2, 0) is 14.3 Å². The zero-order chi connectivity index (χ0) is 18.4. The average Bonchev–Trinajstić information content (AvgIpc) is 3.06. The molecule has 1 aromatic carbocycles. The number of imide groups is 1. The highest BCUT2D eigenvalue weighted by Gasteiger charge is 2.20. The zero-order valence-electron chi connectivity index (χ0n) is 13.6. The average molecular weight is 351 g/mol. The van der Waals surface area contributed by atoms with E-state index in [2.05, 4.69) is 10.6 Å². The van der Waals surface area contributed by atoms with Crippen LogP contribution in [0.5, 0.6) is 11.5 Å². The summed E-state index contributed by atoms with van der Waals surface area (Å²) in [5, 5.41) is 6.53. The normalized spacial score (nSPS) is 12.7. The quantitative estimate of drug-likeness (QED) is 0.611. The third-order valence-corrected chi connectivity index (χ3v) is 3.17. The van der Waals surface area contributed by atoms with Gasteiger partial charge in [-0.05, 0) is 25.1 Å². The molecule has 0 fully saturated rings. The van der Waals surface area contributed by atoms with Gasteiger partial charge in [0.1, 0.15) is 6.54 Å². The second-order valence-electron chi connectivity index (χ2n) is 4.95. The van der Waals surface area contributed by atoms with Crippen molar-refractivity contribution in [3.8, 4) is 11.5 Å². The lowest BCUT2D eigenvalue weighted by Gasteiger charge is -2.13. The van der Waals surface area contributed by atoms with Gasteiger partial charge in [0.05, 0.1) is 0 Å². The standard InChI is InChI=1S/C15H17N3O7/c1-8(13(20)18-15(22)16-2)25-12(19)6-17-14(21)9-3-4-10-11(5-9)24-7-23-10/h3-5,8H,6-7H2,1-2H3,(H,17,21)(H2,16,18,20,22)/t8-/m0/s1. The van der Waals surface area contributed by atoms with Crippen LogP contribution >= 0.6 is 0 Å². The number of rotatable bonds is 5. The molecule has 0 aromatic heterocycles. The summed E-state index contributed by atoms with van der Waals surface area (Å²) in [5.74, 6) is -1.15. The molecule has 1 aromatic rings. The highest BCUT2D eigenvalue weighted by Crippen LogP contribution is 2.32. The molecule has 0 radical (unpaired) electrons. The molecule has 0 spiro atoms. The number of nitrogens with one attached hydrogen (secondary N) is 3. The second-order valence-corrected chi connectivity index (χ2v) is 4.95. The van der Waals surface area contributed by atoms with Crippen molar-refractivity contribution in [2.45, 2.75) is 13.0 Å². The van der Waals surface area contributed by atoms with Crippen molar-refractivity contribution >= 4 is 23.8 Å². The van der Waals surface area contributed by atoms with Gasteiger partial charge in [0.15, 0.2) is 17.6 Å². The van der Waals surface area contributed by atoms with Crippen LogP contribution in [0.1, 0.15) is 17.3 Å². The van der Waals surface area contributed by atoms with E-state index in [0.717, 1.165) is 0 Å². The van der Waals surface area contributed by atoms with Gasteiger partial charge in [-0.25, -0.2) is 4.79 Å². The smallest absolute Gasteiger partial charge is 0.326 e. The minimum Gasteiger partial charge on any atom is -0.454 e. The lowest BCUT2D eigenvalue weighted by molar-refractivity contribution is -0.153. The maximum atomic E-state index is 12.0. The van der Waals surface area contributed by atoms with Gasteiger partial charge >= 0.3 is 12.0 Å². The molecule has 1 heterocycles. The first-order valence-corrected chi connectivity index (χ1v) is 7.30. The van der Waals surface area contributed by atoms with Crippen LogP contribution in [0, 0.1) is 0 Å². The monoisotopic (exact) mass is 351 g/mol. The lowest BCUT2D eigenvalue weighted by atomic mass is 10.2. The van der Waals surface area contributed by atoms with E-state index >= 15 is 0 Å². The predicted molar refractivity (Wildman–Crippen MR) is 83.1 cm³/mol. The fraction of sp³-hybridized carbons (Fsp3) is 0.333. The number of carbonyl (C=O) groups excluding carboxylic acids is 4. The molecule has 1 aliphatic heterocycles. The van der Waals surface area contributed by atoms with Gasteiger partial charge in [-0.15, -0.1) is 0 Å². The minimum atomic E-state index is -1.19. The summed E-state index contributed by atoms with van der Waals surface area (Å²) in [6, 6.07) is 3.88. The molecule has 134 valence electrons. The third-order valence-electron chi connectivity index (χ3n) is 3.17. The van der Waals surface area contributed by atoms with Crippen molar-refractivity contribution in [1.29, 1.82) is 0 Å². The Kier molecular flexibility index (Phi) is 5.77. The zero-order valence-corrected chi connectivity index (χ0v) is 13.6. The van der Waals surface area contributed by atoms with Crippen LogP contribution in [0.15, 0.2) is 18.2 Å². The molecule has 0 saturated heterocycles. The number of fused-ring (bicyclic) bond motifs is 1. The van der Waals surface area contributed by atoms with E-state index in [-0.39, 0.29) is 12.4 Å². The lowest BCUT2D eigenvalue weighted by Crippen LogP contribution is -2.44. The number of ether oxygens (including phenoxy) is 3. The molecular weight excluding hydrogens is 334 g/mol. The van der Waals surface area contributed by atoms with Crippen LogP contribution in [0.2, 0.25) is 0 Å². The van der Waals surface area contributed by atoms with E-state index in [1.807, 2.05) is 5.32 Å². The molecule has 4 amide bonds. The molecule has 3 N–H and O–H groups in total. The first-order chi connectivity index (χ1) is 11.9. The topological polar surface area (TPSA) is 132 Å². The number of amides is 4. The van der Waals surface area contributed by atoms with Crippen molar-refractivity contribution < 1.29 is 33.4 Å². The summed E-state index contributed by atoms with van der Waals surface area (Å²) >= 11 is 0. The first kappa shape index (κ1) is 18.0. The van der Waals surface area contributed by atoms with E-state index in [0.29, 0.717) is 11.5 Å². The Labute approximate surface area is 142 Å². The number of urea groups is 1. The van der Waals surface area contributed by atoms with Crippen molar-refractivity contribution in [2.24, 2.45) is 0 Å². The van der Waals surface area contributed by atoms with Gasteiger partial charge < -0.3 is 24.8 Å². The Balaban J connectivity index is 1.80. The second kappa shape index (κ2) is 7.99. The van der Waals surface area contributed by atoms with E-state index < -0.39 is 36.5 Å². The highest BCUT2D eigenvalue weighted by atomic mass is 16.7. The SMILES string of the molecule is CNC(=O)NC(=O)[C@H](C)OC(=O)CNC(=O)c1ccc2c(c1)OCO2. The molecule has 1 aliphatic rings. The Morgan fingerprint density at radius 3 is 2.64 bits per heavy atom. The maximum absolute atomic E-state index is 12.0. The molecule has 10 nitrogen and oxygen atoms in total. The number of benzene rings is 1. The number of carbonyl (C=O) groups is 4. The molecule has 25 heavy (non-hydrogen) atoms. The van der Waals surface area contributed by atoms with Gasteiger partial charge in [0.25, 0.3) is 11.8 Å². The number of esters is 1. The van der Waals surface area contributed by atoms with Crippen LogP contribution in [0.4, 0.5) is 4.79 Å². The van der Waals surface area contributed by atoms with E-state index in [9.17, 15) is 19.2 Å². The highest BCUT2D eigenvalue weighted by molar-refractivity contribution is 5.98. The summed E-state index contributed by atoms with van der Waals surface area (Å²) in [6.07, 6.45) is -1.19. The number of hydrogen-bond acceptors (Lipinski definition) is 7. The summed E-state index contributed by atoms with van der Waals surface area (Å²) in [7, 11) is 1.34. The summed E-state index contributed by atoms with van der Waals surface area (Å²) in [6.45, 7) is 0.948. The van der Waals surface area contributed by atoms with Gasteiger partial charge in [0.2, 0.25) is 6.79 Å². The van der Waals surface area contributed by atoms with Gasteiger partial charge in [-0.2, -0.15) is 0 Å². The van der Waals surface area contributed by atoms with Crippen LogP contribution in [0.25, 0.3) is 0 Å². The largest absolute Gasteiger partial charge is 0.454 e. The van der Waals surface area contributed by atoms with Crippen LogP contribution in [-0.4, -0.2) is 50.3 Å². The molecule has 10 heteroatoms. The van der Waals surface area contributed by atoms with Gasteiger partial charge in [-0.1, -0.05) is 0 Å². The number of hydrogen-bond donors (Lipinski definition) is 3. The summed E-state index contributed by atoms with van der Waals surface area (Å²) < 4.78 is 15.1. The Morgan fingerprint density at radius 2 is 1.92 bits per heavy atom. The Morgan fingerprint density at radius 1 is 1.20 bits per heavy atom. The third kappa shape index (κ3) is 4.83. The summed E-state index contributed by atoms with van der Waals surface area (Å²) in [5.41, 5.74) is 0.280. The van der Waals surface area contributed by atoms with Gasteiger partial charge in [-0.3, -0.25) is 19.7 Å².